The molecule has 1 aromatic heterocycles. The fourth-order valence-electron chi connectivity index (χ4n) is 2.78. The van der Waals surface area contributed by atoms with E-state index >= 15 is 0 Å². The quantitative estimate of drug-likeness (QED) is 0.538. The van der Waals surface area contributed by atoms with E-state index in [0.29, 0.717) is 26.1 Å². The molecule has 0 radical (unpaired) electrons. The number of carbonyl (C=O) groups is 1. The fourth-order valence-corrected chi connectivity index (χ4v) is 4.25. The third kappa shape index (κ3) is 2.93. The minimum absolute atomic E-state index is 0.0420. The summed E-state index contributed by atoms with van der Waals surface area (Å²) in [5, 5.41) is 13.8. The number of halogens is 3. The molecule has 2 N–H and O–H groups in total. The summed E-state index contributed by atoms with van der Waals surface area (Å²) in [6.07, 6.45) is 0. The predicted molar refractivity (Wildman–Crippen MR) is 104 cm³/mol. The largest absolute Gasteiger partial charge is 0.454 e. The van der Waals surface area contributed by atoms with Gasteiger partial charge in [0, 0.05) is 14.5 Å². The van der Waals surface area contributed by atoms with Crippen molar-refractivity contribution in [1.82, 2.24) is 9.78 Å². The number of carbonyl (C=O) groups excluding carboxylic acids is 1. The smallest absolute Gasteiger partial charge is 0.231 e. The molecule has 10 heteroatoms. The molecule has 1 aliphatic rings. The SMILES string of the molecule is N#Cc1c(C(=O)c2ccc3c(c2)OCO3)nn(-c2c(Br)cc(F)cc2Br)c1N. The van der Waals surface area contributed by atoms with Crippen LogP contribution in [0.5, 0.6) is 11.5 Å². The van der Waals surface area contributed by atoms with E-state index in [1.165, 1.54) is 22.9 Å². The molecule has 2 heterocycles. The Labute approximate surface area is 174 Å². The highest BCUT2D eigenvalue weighted by Crippen LogP contribution is 2.35. The third-order valence-electron chi connectivity index (χ3n) is 4.08. The summed E-state index contributed by atoms with van der Waals surface area (Å²) in [6, 6.07) is 9.05. The number of ether oxygens (including phenoxy) is 2. The van der Waals surface area contributed by atoms with Crippen LogP contribution in [-0.2, 0) is 0 Å². The van der Waals surface area contributed by atoms with Crippen LogP contribution in [0.4, 0.5) is 10.2 Å². The maximum atomic E-state index is 13.6. The number of nitriles is 1. The highest BCUT2D eigenvalue weighted by atomic mass is 79.9. The van der Waals surface area contributed by atoms with Crippen molar-refractivity contribution in [2.45, 2.75) is 0 Å². The van der Waals surface area contributed by atoms with Crippen LogP contribution < -0.4 is 15.2 Å². The summed E-state index contributed by atoms with van der Waals surface area (Å²) < 4.78 is 26.0. The standard InChI is InChI=1S/C18H9Br2FN4O3/c19-11-4-9(21)5-12(20)16(11)25-18(23)10(6-22)15(24-25)17(26)8-1-2-13-14(3-8)28-7-27-13/h1-5H,7,23H2. The second kappa shape index (κ2) is 6.92. The first kappa shape index (κ1) is 18.5. The molecule has 0 saturated heterocycles. The summed E-state index contributed by atoms with van der Waals surface area (Å²) >= 11 is 6.51. The van der Waals surface area contributed by atoms with Crippen LogP contribution in [0.2, 0.25) is 0 Å². The van der Waals surface area contributed by atoms with E-state index in [0.717, 1.165) is 0 Å². The summed E-state index contributed by atoms with van der Waals surface area (Å²) in [4.78, 5) is 13.0. The molecule has 0 aliphatic carbocycles. The Morgan fingerprint density at radius 3 is 2.57 bits per heavy atom. The molecule has 1 aliphatic heterocycles. The molecule has 2 aromatic carbocycles. The van der Waals surface area contributed by atoms with Gasteiger partial charge in [0.05, 0.1) is 5.69 Å². The van der Waals surface area contributed by atoms with Crippen molar-refractivity contribution >= 4 is 43.5 Å². The van der Waals surface area contributed by atoms with Crippen molar-refractivity contribution in [1.29, 1.82) is 5.26 Å². The zero-order valence-electron chi connectivity index (χ0n) is 13.9. The number of anilines is 1. The predicted octanol–water partition coefficient (Wildman–Crippen LogP) is 3.95. The minimum atomic E-state index is -0.505. The number of nitrogens with zero attached hydrogens (tertiary/aromatic N) is 3. The Morgan fingerprint density at radius 2 is 1.89 bits per heavy atom. The number of hydrogen-bond donors (Lipinski definition) is 1. The summed E-state index contributed by atoms with van der Waals surface area (Å²) in [5.74, 6) is -0.0679. The van der Waals surface area contributed by atoms with Crippen molar-refractivity contribution in [3.8, 4) is 23.3 Å². The molecule has 4 rings (SSSR count). The van der Waals surface area contributed by atoms with Crippen LogP contribution in [-0.4, -0.2) is 22.4 Å². The number of ketones is 1. The summed E-state index contributed by atoms with van der Waals surface area (Å²) in [7, 11) is 0. The van der Waals surface area contributed by atoms with Crippen molar-refractivity contribution in [3.63, 3.8) is 0 Å². The molecule has 0 fully saturated rings. The Morgan fingerprint density at radius 1 is 1.21 bits per heavy atom. The molecule has 0 atom stereocenters. The van der Waals surface area contributed by atoms with Crippen molar-refractivity contribution in [2.24, 2.45) is 0 Å². The van der Waals surface area contributed by atoms with Crippen LogP contribution in [0, 0.1) is 17.1 Å². The highest BCUT2D eigenvalue weighted by Gasteiger charge is 2.26. The van der Waals surface area contributed by atoms with E-state index in [-0.39, 0.29) is 29.4 Å². The van der Waals surface area contributed by atoms with Crippen molar-refractivity contribution < 1.29 is 18.7 Å². The van der Waals surface area contributed by atoms with Gasteiger partial charge in [-0.3, -0.25) is 4.79 Å². The maximum absolute atomic E-state index is 13.6. The van der Waals surface area contributed by atoms with E-state index in [9.17, 15) is 14.4 Å². The van der Waals surface area contributed by atoms with Crippen LogP contribution in [0.1, 0.15) is 21.6 Å². The van der Waals surface area contributed by atoms with Gasteiger partial charge < -0.3 is 15.2 Å². The van der Waals surface area contributed by atoms with E-state index < -0.39 is 11.6 Å². The van der Waals surface area contributed by atoms with Gasteiger partial charge in [-0.25, -0.2) is 9.07 Å². The number of nitrogen functional groups attached to an aromatic ring is 1. The van der Waals surface area contributed by atoms with Crippen molar-refractivity contribution in [2.75, 3.05) is 12.5 Å². The lowest BCUT2D eigenvalue weighted by Crippen LogP contribution is -2.06. The van der Waals surface area contributed by atoms with Crippen LogP contribution in [0.3, 0.4) is 0 Å². The maximum Gasteiger partial charge on any atom is 0.231 e. The fraction of sp³-hybridized carbons (Fsp3) is 0.0556. The van der Waals surface area contributed by atoms with Crippen LogP contribution in [0.15, 0.2) is 39.3 Å². The van der Waals surface area contributed by atoms with E-state index in [2.05, 4.69) is 37.0 Å². The molecule has 7 nitrogen and oxygen atoms in total. The number of nitrogens with two attached hydrogens (primary N) is 1. The van der Waals surface area contributed by atoms with Gasteiger partial charge in [0.1, 0.15) is 23.3 Å². The van der Waals surface area contributed by atoms with Gasteiger partial charge in [-0.15, -0.1) is 0 Å². The lowest BCUT2D eigenvalue weighted by molar-refractivity contribution is 0.103. The molecule has 0 saturated carbocycles. The first-order valence-corrected chi connectivity index (χ1v) is 9.37. The van der Waals surface area contributed by atoms with Gasteiger partial charge in [0.15, 0.2) is 17.2 Å². The molecule has 3 aromatic rings. The topological polar surface area (TPSA) is 103 Å². The summed E-state index contributed by atoms with van der Waals surface area (Å²) in [5.41, 5.74) is 6.50. The van der Waals surface area contributed by atoms with E-state index in [1.807, 2.05) is 6.07 Å². The first-order valence-electron chi connectivity index (χ1n) is 7.78. The molecular weight excluding hydrogens is 499 g/mol. The first-order chi connectivity index (χ1) is 13.4. The van der Waals surface area contributed by atoms with Gasteiger partial charge in [0.25, 0.3) is 0 Å². The molecule has 28 heavy (non-hydrogen) atoms. The number of hydrogen-bond acceptors (Lipinski definition) is 6. The lowest BCUT2D eigenvalue weighted by atomic mass is 10.0. The third-order valence-corrected chi connectivity index (χ3v) is 5.29. The zero-order valence-corrected chi connectivity index (χ0v) is 17.0. The lowest BCUT2D eigenvalue weighted by Gasteiger charge is -2.09. The number of aromatic nitrogens is 2. The molecular formula is C18H9Br2FN4O3. The van der Waals surface area contributed by atoms with Crippen molar-refractivity contribution in [3.05, 3.63) is 61.9 Å². The van der Waals surface area contributed by atoms with Gasteiger partial charge in [-0.05, 0) is 62.2 Å². The normalized spacial score (nSPS) is 12.1. The number of rotatable bonds is 3. The van der Waals surface area contributed by atoms with E-state index in [1.54, 1.807) is 12.1 Å². The Kier molecular flexibility index (Phi) is 4.56. The van der Waals surface area contributed by atoms with Gasteiger partial charge in [0.2, 0.25) is 12.6 Å². The van der Waals surface area contributed by atoms with Gasteiger partial charge in [-0.2, -0.15) is 10.4 Å². The molecule has 0 spiro atoms. The Balaban J connectivity index is 1.85. The second-order valence-electron chi connectivity index (χ2n) is 5.75. The number of benzene rings is 2. The number of fused-ring (bicyclic) bond motifs is 1. The summed E-state index contributed by atoms with van der Waals surface area (Å²) in [6.45, 7) is 0.0740. The Bertz CT molecular complexity index is 1160. The second-order valence-corrected chi connectivity index (χ2v) is 7.46. The average Bonchev–Trinajstić information content (AvgIpc) is 3.24. The minimum Gasteiger partial charge on any atom is -0.454 e. The molecule has 140 valence electrons. The monoisotopic (exact) mass is 506 g/mol. The molecule has 0 amide bonds. The van der Waals surface area contributed by atoms with Gasteiger partial charge in [-0.1, -0.05) is 0 Å². The zero-order chi connectivity index (χ0) is 20.0. The Hall–Kier alpha value is -2.90. The molecule has 0 bridgehead atoms. The van der Waals surface area contributed by atoms with Gasteiger partial charge >= 0.3 is 0 Å². The van der Waals surface area contributed by atoms with Crippen LogP contribution >= 0.6 is 31.9 Å². The van der Waals surface area contributed by atoms with E-state index in [4.69, 9.17) is 15.2 Å². The van der Waals surface area contributed by atoms with Crippen LogP contribution in [0.25, 0.3) is 5.69 Å². The highest BCUT2D eigenvalue weighted by molar-refractivity contribution is 9.11. The molecule has 0 unspecified atom stereocenters. The average molecular weight is 508 g/mol.